The largest absolute Gasteiger partial charge is 0.490 e. The van der Waals surface area contributed by atoms with Crippen LogP contribution in [0.5, 0.6) is 5.75 Å². The predicted octanol–water partition coefficient (Wildman–Crippen LogP) is 5.30. The first-order valence-corrected chi connectivity index (χ1v) is 10.4. The summed E-state index contributed by atoms with van der Waals surface area (Å²) >= 11 is 11.1. The number of carbonyl (C=O) groups excluding carboxylic acids is 1. The first kappa shape index (κ1) is 20.8. The molecule has 0 saturated heterocycles. The molecule has 0 unspecified atom stereocenters. The summed E-state index contributed by atoms with van der Waals surface area (Å²) in [5.41, 5.74) is 4.28. The molecule has 0 fully saturated rings. The maximum Gasteiger partial charge on any atom is 0.244 e. The summed E-state index contributed by atoms with van der Waals surface area (Å²) in [6, 6.07) is 11.2. The fraction of sp³-hybridized carbons (Fsp3) is 0.263. The summed E-state index contributed by atoms with van der Waals surface area (Å²) in [5.74, 6) is 0.574. The van der Waals surface area contributed by atoms with Crippen molar-refractivity contribution in [3.05, 3.63) is 57.0 Å². The molecule has 2 rings (SSSR count). The van der Waals surface area contributed by atoms with E-state index in [-0.39, 0.29) is 18.4 Å². The van der Waals surface area contributed by atoms with Gasteiger partial charge in [-0.2, -0.15) is 5.10 Å². The molecule has 138 valence electrons. The number of thioether (sulfide) groups is 1. The van der Waals surface area contributed by atoms with E-state index in [9.17, 15) is 4.79 Å². The molecule has 1 N–H and O–H groups in total. The SMILES string of the molecule is CSc1ccc(Cl)cc1CC(=O)N/N=C\c1ccc(OC(C)C)c(Br)c1. The van der Waals surface area contributed by atoms with E-state index in [2.05, 4.69) is 26.5 Å². The maximum absolute atomic E-state index is 12.1. The van der Waals surface area contributed by atoms with Crippen LogP contribution in [-0.4, -0.2) is 24.5 Å². The van der Waals surface area contributed by atoms with Crippen LogP contribution in [0, 0.1) is 0 Å². The molecule has 1 amide bonds. The highest BCUT2D eigenvalue weighted by atomic mass is 79.9. The fourth-order valence-corrected chi connectivity index (χ4v) is 3.51. The molecule has 0 spiro atoms. The van der Waals surface area contributed by atoms with E-state index in [0.29, 0.717) is 5.02 Å². The zero-order chi connectivity index (χ0) is 19.1. The molecule has 0 heterocycles. The Labute approximate surface area is 171 Å². The van der Waals surface area contributed by atoms with Crippen molar-refractivity contribution >= 4 is 51.4 Å². The van der Waals surface area contributed by atoms with Gasteiger partial charge in [-0.05, 0) is 83.6 Å². The van der Waals surface area contributed by atoms with Gasteiger partial charge >= 0.3 is 0 Å². The van der Waals surface area contributed by atoms with Crippen LogP contribution in [0.25, 0.3) is 0 Å². The normalized spacial score (nSPS) is 11.2. The van der Waals surface area contributed by atoms with Crippen LogP contribution < -0.4 is 10.2 Å². The van der Waals surface area contributed by atoms with Crippen molar-refractivity contribution in [1.29, 1.82) is 0 Å². The minimum atomic E-state index is -0.197. The molecule has 7 heteroatoms. The van der Waals surface area contributed by atoms with Crippen molar-refractivity contribution in [2.24, 2.45) is 5.10 Å². The van der Waals surface area contributed by atoms with E-state index in [1.54, 1.807) is 24.0 Å². The van der Waals surface area contributed by atoms with Crippen LogP contribution in [0.4, 0.5) is 0 Å². The molecule has 0 aliphatic carbocycles. The number of ether oxygens (including phenoxy) is 1. The van der Waals surface area contributed by atoms with Crippen molar-refractivity contribution in [2.75, 3.05) is 6.26 Å². The first-order valence-electron chi connectivity index (χ1n) is 7.99. The molecule has 0 atom stereocenters. The quantitative estimate of drug-likeness (QED) is 0.350. The number of carbonyl (C=O) groups is 1. The zero-order valence-electron chi connectivity index (χ0n) is 14.8. The van der Waals surface area contributed by atoms with Gasteiger partial charge in [-0.1, -0.05) is 11.6 Å². The number of nitrogens with one attached hydrogen (secondary N) is 1. The Bertz CT molecular complexity index is 812. The van der Waals surface area contributed by atoms with Crippen molar-refractivity contribution in [3.8, 4) is 5.75 Å². The number of benzene rings is 2. The Kier molecular flexibility index (Phi) is 8.00. The minimum absolute atomic E-state index is 0.0998. The molecule has 0 aromatic heterocycles. The van der Waals surface area contributed by atoms with Gasteiger partial charge in [-0.25, -0.2) is 5.43 Å². The Morgan fingerprint density at radius 1 is 1.35 bits per heavy atom. The second-order valence-corrected chi connectivity index (χ2v) is 7.92. The lowest BCUT2D eigenvalue weighted by atomic mass is 10.1. The maximum atomic E-state index is 12.1. The molecule has 0 radical (unpaired) electrons. The van der Waals surface area contributed by atoms with Crippen molar-refractivity contribution in [3.63, 3.8) is 0 Å². The van der Waals surface area contributed by atoms with E-state index in [0.717, 1.165) is 26.2 Å². The number of amides is 1. The lowest BCUT2D eigenvalue weighted by Crippen LogP contribution is -2.20. The molecule has 26 heavy (non-hydrogen) atoms. The third-order valence-corrected chi connectivity index (χ3v) is 5.01. The van der Waals surface area contributed by atoms with Crippen molar-refractivity contribution in [1.82, 2.24) is 5.43 Å². The number of nitrogens with zero attached hydrogens (tertiary/aromatic N) is 1. The van der Waals surface area contributed by atoms with E-state index in [4.69, 9.17) is 16.3 Å². The molecule has 2 aromatic rings. The van der Waals surface area contributed by atoms with Gasteiger partial charge in [0.05, 0.1) is 23.2 Å². The fourth-order valence-electron chi connectivity index (χ4n) is 2.22. The zero-order valence-corrected chi connectivity index (χ0v) is 17.9. The van der Waals surface area contributed by atoms with Crippen molar-refractivity contribution < 1.29 is 9.53 Å². The molecule has 0 bridgehead atoms. The number of hydrogen-bond donors (Lipinski definition) is 1. The smallest absolute Gasteiger partial charge is 0.244 e. The Morgan fingerprint density at radius 3 is 2.77 bits per heavy atom. The molecule has 0 saturated carbocycles. The Morgan fingerprint density at radius 2 is 2.12 bits per heavy atom. The molecular formula is C19H20BrClN2O2S. The average Bonchev–Trinajstić information content (AvgIpc) is 2.57. The van der Waals surface area contributed by atoms with E-state index < -0.39 is 0 Å². The van der Waals surface area contributed by atoms with Gasteiger partial charge in [-0.15, -0.1) is 11.8 Å². The summed E-state index contributed by atoms with van der Waals surface area (Å²) in [4.78, 5) is 13.1. The monoisotopic (exact) mass is 454 g/mol. The second-order valence-electron chi connectivity index (χ2n) is 5.78. The van der Waals surface area contributed by atoms with Gasteiger partial charge < -0.3 is 4.74 Å². The summed E-state index contributed by atoms with van der Waals surface area (Å²) < 4.78 is 6.50. The topological polar surface area (TPSA) is 50.7 Å². The van der Waals surface area contributed by atoms with Crippen LogP contribution in [0.1, 0.15) is 25.0 Å². The van der Waals surface area contributed by atoms with Crippen molar-refractivity contribution in [2.45, 2.75) is 31.3 Å². The molecular weight excluding hydrogens is 436 g/mol. The number of hydrogen-bond acceptors (Lipinski definition) is 4. The summed E-state index contributed by atoms with van der Waals surface area (Å²) in [6.07, 6.45) is 3.88. The van der Waals surface area contributed by atoms with Crippen LogP contribution in [0.15, 0.2) is 50.9 Å². The van der Waals surface area contributed by atoms with Gasteiger partial charge in [-0.3, -0.25) is 4.79 Å². The minimum Gasteiger partial charge on any atom is -0.490 e. The summed E-state index contributed by atoms with van der Waals surface area (Å²) in [5, 5.41) is 4.63. The van der Waals surface area contributed by atoms with Gasteiger partial charge in [0, 0.05) is 9.92 Å². The highest BCUT2D eigenvalue weighted by Crippen LogP contribution is 2.26. The van der Waals surface area contributed by atoms with E-state index in [1.807, 2.05) is 50.4 Å². The average molecular weight is 456 g/mol. The highest BCUT2D eigenvalue weighted by Gasteiger charge is 2.08. The standard InChI is InChI=1S/C19H20BrClN2O2S/c1-12(2)25-17-6-4-13(8-16(17)20)11-22-23-19(24)10-14-9-15(21)5-7-18(14)26-3/h4-9,11-12H,10H2,1-3H3,(H,23,24)/b22-11-. The van der Waals surface area contributed by atoms with Gasteiger partial charge in [0.1, 0.15) is 5.75 Å². The molecule has 0 aliphatic heterocycles. The third-order valence-electron chi connectivity index (χ3n) is 3.31. The summed E-state index contributed by atoms with van der Waals surface area (Å²) in [6.45, 7) is 3.94. The Balaban J connectivity index is 1.97. The second kappa shape index (κ2) is 10.00. The molecule has 2 aromatic carbocycles. The third kappa shape index (κ3) is 6.34. The number of rotatable bonds is 7. The van der Waals surface area contributed by atoms with Gasteiger partial charge in [0.15, 0.2) is 0 Å². The lowest BCUT2D eigenvalue weighted by Gasteiger charge is -2.11. The first-order chi connectivity index (χ1) is 12.4. The number of hydrazone groups is 1. The Hall–Kier alpha value is -1.50. The highest BCUT2D eigenvalue weighted by molar-refractivity contribution is 9.10. The summed E-state index contributed by atoms with van der Waals surface area (Å²) in [7, 11) is 0. The van der Waals surface area contributed by atoms with Crippen LogP contribution in [0.2, 0.25) is 5.02 Å². The van der Waals surface area contributed by atoms with Gasteiger partial charge in [0.25, 0.3) is 0 Å². The predicted molar refractivity (Wildman–Crippen MR) is 113 cm³/mol. The molecule has 0 aliphatic rings. The number of halogens is 2. The lowest BCUT2D eigenvalue weighted by molar-refractivity contribution is -0.120. The molecule has 4 nitrogen and oxygen atoms in total. The van der Waals surface area contributed by atoms with Crippen LogP contribution in [-0.2, 0) is 11.2 Å². The van der Waals surface area contributed by atoms with E-state index >= 15 is 0 Å². The van der Waals surface area contributed by atoms with Gasteiger partial charge in [0.2, 0.25) is 5.91 Å². The van der Waals surface area contributed by atoms with Crippen LogP contribution in [0.3, 0.4) is 0 Å². The van der Waals surface area contributed by atoms with E-state index in [1.165, 1.54) is 0 Å². The van der Waals surface area contributed by atoms with Crippen LogP contribution >= 0.6 is 39.3 Å².